The van der Waals surface area contributed by atoms with E-state index in [4.69, 9.17) is 11.6 Å². The maximum absolute atomic E-state index is 12.9. The zero-order chi connectivity index (χ0) is 10.7. The molecule has 1 aromatic rings. The summed E-state index contributed by atoms with van der Waals surface area (Å²) in [6.07, 6.45) is 2.31. The van der Waals surface area contributed by atoms with E-state index < -0.39 is 0 Å². The lowest BCUT2D eigenvalue weighted by Gasteiger charge is -2.24. The molecule has 0 saturated carbocycles. The molecule has 0 bridgehead atoms. The predicted molar refractivity (Wildman–Crippen MR) is 60.9 cm³/mol. The second kappa shape index (κ2) is 4.81. The lowest BCUT2D eigenvalue weighted by Crippen LogP contribution is -2.38. The molecule has 0 spiro atoms. The number of nitrogens with one attached hydrogen (secondary N) is 2. The normalized spacial score (nSPS) is 21.3. The summed E-state index contributed by atoms with van der Waals surface area (Å²) in [5.74, 6) is -0.371. The fourth-order valence-electron chi connectivity index (χ4n) is 1.80. The Labute approximate surface area is 93.8 Å². The second-order valence-electron chi connectivity index (χ2n) is 3.82. The first-order valence-corrected chi connectivity index (χ1v) is 5.56. The van der Waals surface area contributed by atoms with E-state index in [0.717, 1.165) is 25.2 Å². The van der Waals surface area contributed by atoms with Gasteiger partial charge in [0.25, 0.3) is 0 Å². The molecule has 1 atom stereocenters. The first-order chi connectivity index (χ1) is 7.25. The van der Waals surface area contributed by atoms with Gasteiger partial charge in [-0.15, -0.1) is 0 Å². The first kappa shape index (κ1) is 10.7. The molecule has 82 valence electrons. The SMILES string of the molecule is Fc1ccc(NC2CCCNC2)cc1Cl. The van der Waals surface area contributed by atoms with Crippen molar-refractivity contribution in [2.24, 2.45) is 0 Å². The summed E-state index contributed by atoms with van der Waals surface area (Å²) < 4.78 is 12.9. The Morgan fingerprint density at radius 3 is 3.00 bits per heavy atom. The van der Waals surface area contributed by atoms with Crippen LogP contribution in [0.1, 0.15) is 12.8 Å². The summed E-state index contributed by atoms with van der Waals surface area (Å²) in [5.41, 5.74) is 0.884. The Morgan fingerprint density at radius 1 is 1.47 bits per heavy atom. The van der Waals surface area contributed by atoms with E-state index >= 15 is 0 Å². The number of hydrogen-bond acceptors (Lipinski definition) is 2. The molecule has 2 nitrogen and oxygen atoms in total. The van der Waals surface area contributed by atoms with Crippen LogP contribution in [0.5, 0.6) is 0 Å². The molecule has 1 aromatic carbocycles. The van der Waals surface area contributed by atoms with Gasteiger partial charge in [0.05, 0.1) is 5.02 Å². The summed E-state index contributed by atoms with van der Waals surface area (Å²) in [5, 5.41) is 6.82. The molecule has 0 amide bonds. The standard InChI is InChI=1S/C11H14ClFN2/c12-10-6-8(3-4-11(10)13)15-9-2-1-5-14-7-9/h3-4,6,9,14-15H,1-2,5,7H2. The van der Waals surface area contributed by atoms with Crippen molar-refractivity contribution in [3.63, 3.8) is 0 Å². The number of anilines is 1. The minimum atomic E-state index is -0.371. The molecule has 1 aliphatic rings. The summed E-state index contributed by atoms with van der Waals surface area (Å²) in [6.45, 7) is 2.04. The third-order valence-electron chi connectivity index (χ3n) is 2.59. The van der Waals surface area contributed by atoms with Gasteiger partial charge in [0.2, 0.25) is 0 Å². The van der Waals surface area contributed by atoms with Crippen LogP contribution in [-0.4, -0.2) is 19.1 Å². The van der Waals surface area contributed by atoms with Gasteiger partial charge in [-0.3, -0.25) is 0 Å². The van der Waals surface area contributed by atoms with Gasteiger partial charge in [0.1, 0.15) is 5.82 Å². The fraction of sp³-hybridized carbons (Fsp3) is 0.455. The first-order valence-electron chi connectivity index (χ1n) is 5.18. The van der Waals surface area contributed by atoms with Gasteiger partial charge in [0, 0.05) is 18.3 Å². The fourth-order valence-corrected chi connectivity index (χ4v) is 1.98. The van der Waals surface area contributed by atoms with Crippen molar-refractivity contribution >= 4 is 17.3 Å². The van der Waals surface area contributed by atoms with Crippen LogP contribution in [0.15, 0.2) is 18.2 Å². The van der Waals surface area contributed by atoms with Crippen molar-refractivity contribution in [1.29, 1.82) is 0 Å². The monoisotopic (exact) mass is 228 g/mol. The average Bonchev–Trinajstić information content (AvgIpc) is 2.25. The highest BCUT2D eigenvalue weighted by atomic mass is 35.5. The van der Waals surface area contributed by atoms with E-state index in [2.05, 4.69) is 10.6 Å². The van der Waals surface area contributed by atoms with Gasteiger partial charge in [-0.1, -0.05) is 11.6 Å². The smallest absolute Gasteiger partial charge is 0.141 e. The highest BCUT2D eigenvalue weighted by Gasteiger charge is 2.12. The average molecular weight is 229 g/mol. The molecular formula is C11H14ClFN2. The van der Waals surface area contributed by atoms with E-state index in [1.54, 1.807) is 12.1 Å². The number of rotatable bonds is 2. The maximum Gasteiger partial charge on any atom is 0.141 e. The van der Waals surface area contributed by atoms with Crippen molar-refractivity contribution in [1.82, 2.24) is 5.32 Å². The summed E-state index contributed by atoms with van der Waals surface area (Å²) >= 11 is 5.70. The molecule has 2 rings (SSSR count). The second-order valence-corrected chi connectivity index (χ2v) is 4.22. The molecule has 0 aromatic heterocycles. The van der Waals surface area contributed by atoms with Gasteiger partial charge in [-0.2, -0.15) is 0 Å². The molecule has 4 heteroatoms. The quantitative estimate of drug-likeness (QED) is 0.813. The van der Waals surface area contributed by atoms with Crippen LogP contribution in [0, 0.1) is 5.82 Å². The van der Waals surface area contributed by atoms with Gasteiger partial charge in [-0.05, 0) is 37.6 Å². The van der Waals surface area contributed by atoms with E-state index in [1.807, 2.05) is 0 Å². The van der Waals surface area contributed by atoms with Crippen molar-refractivity contribution in [2.45, 2.75) is 18.9 Å². The molecule has 15 heavy (non-hydrogen) atoms. The summed E-state index contributed by atoms with van der Waals surface area (Å²) in [7, 11) is 0. The predicted octanol–water partition coefficient (Wildman–Crippen LogP) is 2.64. The maximum atomic E-state index is 12.9. The van der Waals surface area contributed by atoms with Crippen LogP contribution < -0.4 is 10.6 Å². The zero-order valence-electron chi connectivity index (χ0n) is 8.39. The van der Waals surface area contributed by atoms with E-state index in [0.29, 0.717) is 6.04 Å². The van der Waals surface area contributed by atoms with Crippen molar-refractivity contribution in [3.05, 3.63) is 29.0 Å². The molecule has 1 saturated heterocycles. The van der Waals surface area contributed by atoms with Gasteiger partial charge in [-0.25, -0.2) is 4.39 Å². The largest absolute Gasteiger partial charge is 0.381 e. The Hall–Kier alpha value is -0.800. The molecule has 0 aliphatic carbocycles. The topological polar surface area (TPSA) is 24.1 Å². The molecule has 1 heterocycles. The minimum Gasteiger partial charge on any atom is -0.381 e. The van der Waals surface area contributed by atoms with Crippen LogP contribution in [0.2, 0.25) is 5.02 Å². The lowest BCUT2D eigenvalue weighted by atomic mass is 10.1. The third kappa shape index (κ3) is 2.83. The molecule has 1 aliphatic heterocycles. The van der Waals surface area contributed by atoms with Gasteiger partial charge < -0.3 is 10.6 Å². The number of benzene rings is 1. The zero-order valence-corrected chi connectivity index (χ0v) is 9.15. The van der Waals surface area contributed by atoms with Crippen LogP contribution in [0.25, 0.3) is 0 Å². The number of piperidine rings is 1. The van der Waals surface area contributed by atoms with E-state index in [9.17, 15) is 4.39 Å². The molecule has 0 radical (unpaired) electrons. The Bertz CT molecular complexity index is 337. The van der Waals surface area contributed by atoms with Crippen LogP contribution in [0.3, 0.4) is 0 Å². The molecule has 1 fully saturated rings. The third-order valence-corrected chi connectivity index (χ3v) is 2.88. The van der Waals surface area contributed by atoms with E-state index in [1.165, 1.54) is 12.5 Å². The van der Waals surface area contributed by atoms with Crippen molar-refractivity contribution in [3.8, 4) is 0 Å². The minimum absolute atomic E-state index is 0.170. The van der Waals surface area contributed by atoms with E-state index in [-0.39, 0.29) is 10.8 Å². The van der Waals surface area contributed by atoms with Gasteiger partial charge in [0.15, 0.2) is 0 Å². The van der Waals surface area contributed by atoms with Crippen LogP contribution in [0.4, 0.5) is 10.1 Å². The molecule has 1 unspecified atom stereocenters. The molecular weight excluding hydrogens is 215 g/mol. The van der Waals surface area contributed by atoms with Crippen molar-refractivity contribution < 1.29 is 4.39 Å². The number of halogens is 2. The van der Waals surface area contributed by atoms with Crippen LogP contribution in [-0.2, 0) is 0 Å². The Kier molecular flexibility index (Phi) is 3.44. The number of hydrogen-bond donors (Lipinski definition) is 2. The Morgan fingerprint density at radius 2 is 2.33 bits per heavy atom. The summed E-state index contributed by atoms with van der Waals surface area (Å²) in [4.78, 5) is 0. The molecule has 2 N–H and O–H groups in total. The lowest BCUT2D eigenvalue weighted by molar-refractivity contribution is 0.480. The highest BCUT2D eigenvalue weighted by Crippen LogP contribution is 2.20. The van der Waals surface area contributed by atoms with Crippen molar-refractivity contribution in [2.75, 3.05) is 18.4 Å². The van der Waals surface area contributed by atoms with Gasteiger partial charge >= 0.3 is 0 Å². The Balaban J connectivity index is 2.00. The highest BCUT2D eigenvalue weighted by molar-refractivity contribution is 6.31. The summed E-state index contributed by atoms with van der Waals surface area (Å²) in [6, 6.07) is 5.16. The van der Waals surface area contributed by atoms with Crippen LogP contribution >= 0.6 is 11.6 Å².